The van der Waals surface area contributed by atoms with Crippen LogP contribution in [0.5, 0.6) is 0 Å². The molecule has 0 radical (unpaired) electrons. The number of hydrogen-bond acceptors (Lipinski definition) is 5. The molecule has 3 aliphatic heterocycles. The second-order valence-corrected chi connectivity index (χ2v) is 12.8. The summed E-state index contributed by atoms with van der Waals surface area (Å²) in [6, 6.07) is -1.16. The molecule has 1 N–H and O–H groups in total. The molecule has 0 aromatic carbocycles. The largest absolute Gasteiger partial charge is 0.444 e. The van der Waals surface area contributed by atoms with Crippen molar-refractivity contribution in [1.29, 1.82) is 0 Å². The SMILES string of the molecule is CC(C)(C)OC(=O)N1CC2(CCC2)[C@H](O)C[C@H]1C(=O)N1CCC(C(=O)N2CC[C@@H](C(F)(F)F)C2)(C(F)(F)F)CC1. The third-order valence-electron chi connectivity index (χ3n) is 9.10. The minimum Gasteiger partial charge on any atom is -0.444 e. The van der Waals surface area contributed by atoms with Crippen LogP contribution in [0.1, 0.15) is 65.7 Å². The first kappa shape index (κ1) is 30.7. The van der Waals surface area contributed by atoms with Gasteiger partial charge in [0.2, 0.25) is 11.8 Å². The van der Waals surface area contributed by atoms with Gasteiger partial charge in [-0.1, -0.05) is 6.42 Å². The van der Waals surface area contributed by atoms with Crippen molar-refractivity contribution < 1.29 is 50.6 Å². The van der Waals surface area contributed by atoms with Crippen molar-refractivity contribution in [2.75, 3.05) is 32.7 Å². The highest BCUT2D eigenvalue weighted by molar-refractivity contribution is 5.88. The van der Waals surface area contributed by atoms with E-state index in [1.807, 2.05) is 0 Å². The quantitative estimate of drug-likeness (QED) is 0.493. The van der Waals surface area contributed by atoms with E-state index < -0.39 is 110 Å². The summed E-state index contributed by atoms with van der Waals surface area (Å²) < 4.78 is 87.9. The highest BCUT2D eigenvalue weighted by Crippen LogP contribution is 2.51. The van der Waals surface area contributed by atoms with Crippen LogP contribution in [0.15, 0.2) is 0 Å². The van der Waals surface area contributed by atoms with Crippen molar-refractivity contribution in [1.82, 2.24) is 14.7 Å². The molecule has 3 heterocycles. The molecule has 0 aromatic rings. The van der Waals surface area contributed by atoms with Crippen LogP contribution in [0.3, 0.4) is 0 Å². The highest BCUT2D eigenvalue weighted by atomic mass is 19.4. The summed E-state index contributed by atoms with van der Waals surface area (Å²) in [5, 5.41) is 10.9. The second-order valence-electron chi connectivity index (χ2n) is 12.8. The lowest BCUT2D eigenvalue weighted by atomic mass is 9.61. The summed E-state index contributed by atoms with van der Waals surface area (Å²) in [5.41, 5.74) is -4.33. The van der Waals surface area contributed by atoms with Gasteiger partial charge in [-0.25, -0.2) is 4.79 Å². The maximum absolute atomic E-state index is 14.3. The van der Waals surface area contributed by atoms with Gasteiger partial charge in [-0.05, 0) is 52.9 Å². The number of carbonyl (C=O) groups excluding carboxylic acids is 3. The lowest BCUT2D eigenvalue weighted by Crippen LogP contribution is -2.65. The fourth-order valence-electron chi connectivity index (χ4n) is 6.46. The Morgan fingerprint density at radius 1 is 0.900 bits per heavy atom. The molecule has 228 valence electrons. The molecule has 1 aliphatic carbocycles. The van der Waals surface area contributed by atoms with Crippen LogP contribution in [0, 0.1) is 16.7 Å². The molecular formula is C26H37F6N3O5. The first-order valence-corrected chi connectivity index (χ1v) is 13.7. The molecular weight excluding hydrogens is 548 g/mol. The van der Waals surface area contributed by atoms with E-state index in [4.69, 9.17) is 4.74 Å². The Hall–Kier alpha value is -2.25. The average Bonchev–Trinajstić information content (AvgIpc) is 3.31. The summed E-state index contributed by atoms with van der Waals surface area (Å²) >= 11 is 0. The lowest BCUT2D eigenvalue weighted by Gasteiger charge is -2.54. The van der Waals surface area contributed by atoms with Gasteiger partial charge in [0.05, 0.1) is 12.0 Å². The van der Waals surface area contributed by atoms with Gasteiger partial charge in [0.1, 0.15) is 17.1 Å². The number of aliphatic hydroxyl groups is 1. The molecule has 3 amide bonds. The Morgan fingerprint density at radius 3 is 1.95 bits per heavy atom. The number of hydrogen-bond donors (Lipinski definition) is 1. The van der Waals surface area contributed by atoms with Crippen LogP contribution in [0.2, 0.25) is 0 Å². The molecule has 4 fully saturated rings. The molecule has 0 bridgehead atoms. The van der Waals surface area contributed by atoms with Crippen LogP contribution < -0.4 is 0 Å². The van der Waals surface area contributed by atoms with Gasteiger partial charge < -0.3 is 19.6 Å². The van der Waals surface area contributed by atoms with Crippen molar-refractivity contribution in [2.45, 2.75) is 95.8 Å². The molecule has 4 aliphatic rings. The fourth-order valence-corrected chi connectivity index (χ4v) is 6.46. The number of aliphatic hydroxyl groups excluding tert-OH is 1. The van der Waals surface area contributed by atoms with E-state index in [0.717, 1.165) is 11.3 Å². The fraction of sp³-hybridized carbons (Fsp3) is 0.885. The van der Waals surface area contributed by atoms with Crippen molar-refractivity contribution in [3.05, 3.63) is 0 Å². The third kappa shape index (κ3) is 5.61. The minimum absolute atomic E-state index is 0.0770. The zero-order chi connectivity index (χ0) is 29.9. The molecule has 8 nitrogen and oxygen atoms in total. The Morgan fingerprint density at radius 2 is 1.50 bits per heavy atom. The monoisotopic (exact) mass is 585 g/mol. The van der Waals surface area contributed by atoms with Crippen LogP contribution in [-0.4, -0.2) is 101 Å². The van der Waals surface area contributed by atoms with E-state index in [9.17, 15) is 45.8 Å². The number of halogens is 6. The summed E-state index contributed by atoms with van der Waals surface area (Å²) in [4.78, 5) is 42.8. The molecule has 0 unspecified atom stereocenters. The standard InChI is InChI=1S/C26H37F6N3O5/c1-22(2,3)40-21(39)35-15-23(6-4-7-23)18(36)13-17(35)19(37)33-11-8-24(9-12-33,26(30,31)32)20(38)34-10-5-16(14-34)25(27,28)29/h16-18,36H,4-15H2,1-3H3/t16-,17+,18-/m1/s1. The van der Waals surface area contributed by atoms with Gasteiger partial charge in [0.15, 0.2) is 0 Å². The number of likely N-dealkylation sites (tertiary alicyclic amines) is 3. The van der Waals surface area contributed by atoms with E-state index in [1.165, 1.54) is 4.90 Å². The van der Waals surface area contributed by atoms with E-state index in [2.05, 4.69) is 0 Å². The molecule has 3 saturated heterocycles. The lowest BCUT2D eigenvalue weighted by molar-refractivity contribution is -0.238. The number of piperidine rings is 2. The molecule has 4 rings (SSSR count). The van der Waals surface area contributed by atoms with E-state index in [1.54, 1.807) is 20.8 Å². The third-order valence-corrected chi connectivity index (χ3v) is 9.10. The Bertz CT molecular complexity index is 998. The molecule has 1 saturated carbocycles. The smallest absolute Gasteiger partial charge is 0.410 e. The van der Waals surface area contributed by atoms with Crippen molar-refractivity contribution in [3.63, 3.8) is 0 Å². The number of carbonyl (C=O) groups is 3. The van der Waals surface area contributed by atoms with Crippen LogP contribution in [0.25, 0.3) is 0 Å². The molecule has 14 heteroatoms. The van der Waals surface area contributed by atoms with Crippen molar-refractivity contribution in [3.8, 4) is 0 Å². The van der Waals surface area contributed by atoms with E-state index in [0.29, 0.717) is 17.7 Å². The average molecular weight is 586 g/mol. The summed E-state index contributed by atoms with van der Waals surface area (Å²) in [5.74, 6) is -3.92. The molecule has 0 aromatic heterocycles. The number of amides is 3. The zero-order valence-electron chi connectivity index (χ0n) is 22.9. The van der Waals surface area contributed by atoms with Gasteiger partial charge >= 0.3 is 18.4 Å². The van der Waals surface area contributed by atoms with Gasteiger partial charge in [0.25, 0.3) is 0 Å². The predicted octanol–water partition coefficient (Wildman–Crippen LogP) is 4.11. The summed E-state index contributed by atoms with van der Waals surface area (Å²) in [6.45, 7) is 2.87. The molecule has 1 spiro atoms. The highest BCUT2D eigenvalue weighted by Gasteiger charge is 2.63. The number of ether oxygens (including phenoxy) is 1. The molecule has 40 heavy (non-hydrogen) atoms. The van der Waals surface area contributed by atoms with Crippen LogP contribution in [-0.2, 0) is 14.3 Å². The first-order chi connectivity index (χ1) is 18.3. The number of rotatable bonds is 2. The summed E-state index contributed by atoms with van der Waals surface area (Å²) in [6.07, 6.45) is -11.3. The Kier molecular flexibility index (Phi) is 7.85. The number of nitrogens with zero attached hydrogens (tertiary/aromatic N) is 3. The summed E-state index contributed by atoms with van der Waals surface area (Å²) in [7, 11) is 0. The maximum Gasteiger partial charge on any atom is 0.410 e. The minimum atomic E-state index is -5.03. The van der Waals surface area contributed by atoms with Crippen LogP contribution >= 0.6 is 0 Å². The second kappa shape index (κ2) is 10.2. The Balaban J connectivity index is 1.50. The topological polar surface area (TPSA) is 90.4 Å². The van der Waals surface area contributed by atoms with Gasteiger partial charge in [-0.3, -0.25) is 14.5 Å². The Labute approximate surface area is 229 Å². The van der Waals surface area contributed by atoms with E-state index >= 15 is 0 Å². The van der Waals surface area contributed by atoms with Crippen LogP contribution in [0.4, 0.5) is 31.1 Å². The maximum atomic E-state index is 14.3. The van der Waals surface area contributed by atoms with Gasteiger partial charge in [-0.2, -0.15) is 26.3 Å². The zero-order valence-corrected chi connectivity index (χ0v) is 22.9. The normalized spacial score (nSPS) is 28.9. The first-order valence-electron chi connectivity index (χ1n) is 13.7. The molecule has 3 atom stereocenters. The predicted molar refractivity (Wildman–Crippen MR) is 129 cm³/mol. The van der Waals surface area contributed by atoms with Crippen molar-refractivity contribution >= 4 is 17.9 Å². The van der Waals surface area contributed by atoms with Crippen molar-refractivity contribution in [2.24, 2.45) is 16.7 Å². The van der Waals surface area contributed by atoms with Gasteiger partial charge in [-0.15, -0.1) is 0 Å². The van der Waals surface area contributed by atoms with Gasteiger partial charge in [0, 0.05) is 44.6 Å². The van der Waals surface area contributed by atoms with E-state index in [-0.39, 0.29) is 13.0 Å². The number of alkyl halides is 6.